The molecule has 0 spiro atoms. The first-order valence-electron chi connectivity index (χ1n) is 8.78. The van der Waals surface area contributed by atoms with Crippen LogP contribution < -0.4 is 14.2 Å². The van der Waals surface area contributed by atoms with Gasteiger partial charge in [-0.1, -0.05) is 29.4 Å². The monoisotopic (exact) mass is 453 g/mol. The number of alkyl halides is 3. The number of sulfonamides is 1. The van der Waals surface area contributed by atoms with Crippen molar-refractivity contribution in [3.05, 3.63) is 65.3 Å². The number of hydrogen-bond acceptors (Lipinski definition) is 7. The molecule has 2 aromatic carbocycles. The van der Waals surface area contributed by atoms with Gasteiger partial charge >= 0.3 is 12.1 Å². The second-order valence-electron chi connectivity index (χ2n) is 6.37. The van der Waals surface area contributed by atoms with Crippen molar-refractivity contribution in [3.8, 4) is 11.5 Å². The number of halogens is 3. The standard InChI is InChI=1S/C19H14F3N3O5S/c20-19(21,22)18-24-17(25-30-18)7-5-12-2-1-3-14(8-12)31(26,27)23-10-13-4-6-15-16(9-13)29-11-28-15/h1-9,23H,10-11H2. The third kappa shape index (κ3) is 4.86. The van der Waals surface area contributed by atoms with Crippen molar-refractivity contribution in [2.45, 2.75) is 17.6 Å². The molecule has 0 unspecified atom stereocenters. The first-order valence-corrected chi connectivity index (χ1v) is 10.3. The Kier molecular flexibility index (Phi) is 5.41. The van der Waals surface area contributed by atoms with E-state index in [1.165, 1.54) is 30.4 Å². The highest BCUT2D eigenvalue weighted by Gasteiger charge is 2.38. The van der Waals surface area contributed by atoms with Gasteiger partial charge in [0.1, 0.15) is 0 Å². The quantitative estimate of drug-likeness (QED) is 0.610. The molecule has 1 aliphatic rings. The molecule has 1 aromatic heterocycles. The van der Waals surface area contributed by atoms with Gasteiger partial charge in [0.2, 0.25) is 16.8 Å². The van der Waals surface area contributed by atoms with Crippen LogP contribution in [0.4, 0.5) is 13.2 Å². The summed E-state index contributed by atoms with van der Waals surface area (Å²) in [6, 6.07) is 10.9. The van der Waals surface area contributed by atoms with Gasteiger partial charge in [0.25, 0.3) is 0 Å². The van der Waals surface area contributed by atoms with Crippen LogP contribution >= 0.6 is 0 Å². The average molecular weight is 453 g/mol. The molecule has 0 fully saturated rings. The Hall–Kier alpha value is -3.38. The smallest absolute Gasteiger partial charge is 0.454 e. The molecular weight excluding hydrogens is 439 g/mol. The molecule has 2 heterocycles. The van der Waals surface area contributed by atoms with Crippen LogP contribution in [-0.4, -0.2) is 25.4 Å². The molecule has 3 aromatic rings. The number of ether oxygens (including phenoxy) is 2. The minimum absolute atomic E-state index is 0.0144. The van der Waals surface area contributed by atoms with Gasteiger partial charge in [-0.2, -0.15) is 18.2 Å². The van der Waals surface area contributed by atoms with Crippen LogP contribution in [0.25, 0.3) is 12.2 Å². The predicted octanol–water partition coefficient (Wildman–Crippen LogP) is 3.47. The van der Waals surface area contributed by atoms with Crippen molar-refractivity contribution in [1.82, 2.24) is 14.9 Å². The molecule has 12 heteroatoms. The van der Waals surface area contributed by atoms with Crippen LogP contribution in [0.3, 0.4) is 0 Å². The summed E-state index contributed by atoms with van der Waals surface area (Å²) >= 11 is 0. The Labute approximate surface area is 174 Å². The van der Waals surface area contributed by atoms with Crippen LogP contribution in [0.5, 0.6) is 11.5 Å². The van der Waals surface area contributed by atoms with Gasteiger partial charge < -0.3 is 14.0 Å². The van der Waals surface area contributed by atoms with E-state index in [0.717, 1.165) is 0 Å². The summed E-state index contributed by atoms with van der Waals surface area (Å²) in [5, 5.41) is 3.21. The highest BCUT2D eigenvalue weighted by atomic mass is 32.2. The van der Waals surface area contributed by atoms with Crippen LogP contribution in [0.15, 0.2) is 51.9 Å². The number of fused-ring (bicyclic) bond motifs is 1. The number of hydrogen-bond donors (Lipinski definition) is 1. The lowest BCUT2D eigenvalue weighted by molar-refractivity contribution is -0.159. The predicted molar refractivity (Wildman–Crippen MR) is 101 cm³/mol. The minimum Gasteiger partial charge on any atom is -0.454 e. The third-order valence-electron chi connectivity index (χ3n) is 4.18. The van der Waals surface area contributed by atoms with E-state index in [4.69, 9.17) is 9.47 Å². The molecule has 0 aliphatic carbocycles. The number of nitrogens with one attached hydrogen (secondary N) is 1. The van der Waals surface area contributed by atoms with Gasteiger partial charge in [-0.15, -0.1) is 0 Å². The molecule has 0 radical (unpaired) electrons. The largest absolute Gasteiger partial charge is 0.471 e. The van der Waals surface area contributed by atoms with Crippen molar-refractivity contribution < 1.29 is 35.6 Å². The summed E-state index contributed by atoms with van der Waals surface area (Å²) < 4.78 is 79.9. The van der Waals surface area contributed by atoms with E-state index in [0.29, 0.717) is 22.6 Å². The van der Waals surface area contributed by atoms with Crippen LogP contribution in [-0.2, 0) is 22.7 Å². The van der Waals surface area contributed by atoms with E-state index in [9.17, 15) is 21.6 Å². The maximum atomic E-state index is 12.6. The fourth-order valence-electron chi connectivity index (χ4n) is 2.69. The van der Waals surface area contributed by atoms with Crippen molar-refractivity contribution in [1.29, 1.82) is 0 Å². The molecule has 1 aliphatic heterocycles. The highest BCUT2D eigenvalue weighted by molar-refractivity contribution is 7.89. The van der Waals surface area contributed by atoms with Crippen LogP contribution in [0.2, 0.25) is 0 Å². The first kappa shape index (κ1) is 20.9. The third-order valence-corrected chi connectivity index (χ3v) is 5.58. The molecule has 8 nitrogen and oxygen atoms in total. The van der Waals surface area contributed by atoms with Gasteiger partial charge in [0.15, 0.2) is 17.3 Å². The zero-order chi connectivity index (χ0) is 22.1. The summed E-state index contributed by atoms with van der Waals surface area (Å²) in [4.78, 5) is 3.20. The number of rotatable bonds is 6. The number of aromatic nitrogens is 2. The zero-order valence-electron chi connectivity index (χ0n) is 15.6. The van der Waals surface area contributed by atoms with Crippen molar-refractivity contribution in [3.63, 3.8) is 0 Å². The summed E-state index contributed by atoms with van der Waals surface area (Å²) in [6.45, 7) is 0.147. The molecular formula is C19H14F3N3O5S. The van der Waals surface area contributed by atoms with Gasteiger partial charge in [-0.3, -0.25) is 0 Å². The average Bonchev–Trinajstić information content (AvgIpc) is 3.40. The summed E-state index contributed by atoms with van der Waals surface area (Å²) in [6.07, 6.45) is -2.18. The second kappa shape index (κ2) is 8.04. The van der Waals surface area contributed by atoms with Crippen molar-refractivity contribution in [2.75, 3.05) is 6.79 Å². The Balaban J connectivity index is 1.46. The van der Waals surface area contributed by atoms with Crippen molar-refractivity contribution >= 4 is 22.2 Å². The maximum Gasteiger partial charge on any atom is 0.471 e. The Morgan fingerprint density at radius 1 is 1.06 bits per heavy atom. The van der Waals surface area contributed by atoms with Crippen LogP contribution in [0, 0.1) is 0 Å². The van der Waals surface area contributed by atoms with Gasteiger partial charge in [0.05, 0.1) is 4.90 Å². The lowest BCUT2D eigenvalue weighted by atomic mass is 10.2. The first-order chi connectivity index (χ1) is 14.7. The molecule has 162 valence electrons. The molecule has 1 N–H and O–H groups in total. The summed E-state index contributed by atoms with van der Waals surface area (Å²) in [7, 11) is -3.85. The lowest BCUT2D eigenvalue weighted by Crippen LogP contribution is -2.23. The molecule has 0 saturated carbocycles. The summed E-state index contributed by atoms with van der Waals surface area (Å²) in [5.41, 5.74) is 1.10. The molecule has 0 saturated heterocycles. The van der Waals surface area contributed by atoms with E-state index >= 15 is 0 Å². The molecule has 31 heavy (non-hydrogen) atoms. The normalized spacial score (nSPS) is 13.8. The SMILES string of the molecule is O=S(=O)(NCc1ccc2c(c1)OCO2)c1cccc(C=Cc2noc(C(F)(F)F)n2)c1. The zero-order valence-corrected chi connectivity index (χ0v) is 16.4. The van der Waals surface area contributed by atoms with E-state index in [1.54, 1.807) is 24.3 Å². The molecule has 0 atom stereocenters. The van der Waals surface area contributed by atoms with Gasteiger partial charge in [-0.25, -0.2) is 13.1 Å². The van der Waals surface area contributed by atoms with E-state index in [1.807, 2.05) is 0 Å². The number of nitrogens with zero attached hydrogens (tertiary/aromatic N) is 2. The topological polar surface area (TPSA) is 104 Å². The Bertz CT molecular complexity index is 1240. The molecule has 4 rings (SSSR count). The van der Waals surface area contributed by atoms with Crippen LogP contribution in [0.1, 0.15) is 22.8 Å². The number of benzene rings is 2. The maximum absolute atomic E-state index is 12.6. The Morgan fingerprint density at radius 2 is 1.87 bits per heavy atom. The Morgan fingerprint density at radius 3 is 2.65 bits per heavy atom. The summed E-state index contributed by atoms with van der Waals surface area (Å²) in [5.74, 6) is -0.619. The second-order valence-corrected chi connectivity index (χ2v) is 8.14. The van der Waals surface area contributed by atoms with Crippen molar-refractivity contribution in [2.24, 2.45) is 0 Å². The van der Waals surface area contributed by atoms with E-state index in [-0.39, 0.29) is 24.1 Å². The fourth-order valence-corrected chi connectivity index (χ4v) is 3.76. The fraction of sp³-hybridized carbons (Fsp3) is 0.158. The molecule has 0 amide bonds. The highest BCUT2D eigenvalue weighted by Crippen LogP contribution is 2.32. The van der Waals surface area contributed by atoms with E-state index in [2.05, 4.69) is 19.4 Å². The minimum atomic E-state index is -4.74. The molecule has 0 bridgehead atoms. The van der Waals surface area contributed by atoms with Gasteiger partial charge in [-0.05, 0) is 41.5 Å². The van der Waals surface area contributed by atoms with E-state index < -0.39 is 22.1 Å². The van der Waals surface area contributed by atoms with Gasteiger partial charge in [0, 0.05) is 6.54 Å². The lowest BCUT2D eigenvalue weighted by Gasteiger charge is -2.08.